The minimum absolute atomic E-state index is 0.199. The highest BCUT2D eigenvalue weighted by Gasteiger charge is 2.22. The molecule has 0 spiro atoms. The molecule has 1 saturated heterocycles. The third-order valence-corrected chi connectivity index (χ3v) is 5.44. The van der Waals surface area contributed by atoms with E-state index in [1.807, 2.05) is 12.3 Å². The molecule has 27 heavy (non-hydrogen) atoms. The molecule has 1 fully saturated rings. The minimum atomic E-state index is -0.346. The van der Waals surface area contributed by atoms with E-state index in [0.717, 1.165) is 31.7 Å². The summed E-state index contributed by atoms with van der Waals surface area (Å²) >= 11 is 1.41. The lowest BCUT2D eigenvalue weighted by atomic mass is 9.92. The summed E-state index contributed by atoms with van der Waals surface area (Å²) in [7, 11) is 0. The van der Waals surface area contributed by atoms with Gasteiger partial charge in [-0.3, -0.25) is 19.8 Å². The fourth-order valence-corrected chi connectivity index (χ4v) is 4.39. The lowest BCUT2D eigenvalue weighted by Gasteiger charge is -2.34. The molecule has 3 rings (SSSR count). The molecule has 0 radical (unpaired) electrons. The van der Waals surface area contributed by atoms with E-state index in [9.17, 15) is 9.59 Å². The molecule has 3 heterocycles. The monoisotopic (exact) mass is 389 g/mol. The molecule has 2 aromatic heterocycles. The Morgan fingerprint density at radius 1 is 1.30 bits per heavy atom. The van der Waals surface area contributed by atoms with Crippen molar-refractivity contribution in [2.45, 2.75) is 46.7 Å². The molecule has 0 aromatic carbocycles. The van der Waals surface area contributed by atoms with Gasteiger partial charge < -0.3 is 0 Å². The number of hydrogen-bond acceptors (Lipinski definition) is 6. The topological polar surface area (TPSA) is 80.1 Å². The van der Waals surface area contributed by atoms with E-state index in [-0.39, 0.29) is 17.2 Å². The van der Waals surface area contributed by atoms with Crippen molar-refractivity contribution in [1.29, 1.82) is 0 Å². The number of thiazole rings is 1. The number of carbonyl (C=O) groups is 1. The van der Waals surface area contributed by atoms with Crippen molar-refractivity contribution >= 4 is 22.4 Å². The van der Waals surface area contributed by atoms with Crippen LogP contribution in [0.25, 0.3) is 0 Å². The zero-order valence-electron chi connectivity index (χ0n) is 16.1. The zero-order valence-corrected chi connectivity index (χ0v) is 17.0. The summed E-state index contributed by atoms with van der Waals surface area (Å²) in [5, 5.41) is 9.48. The van der Waals surface area contributed by atoms with Crippen LogP contribution in [0.3, 0.4) is 0 Å². The Bertz CT molecular complexity index is 837. The summed E-state index contributed by atoms with van der Waals surface area (Å²) in [6.07, 6.45) is 2.06. The van der Waals surface area contributed by atoms with Gasteiger partial charge in [-0.05, 0) is 30.7 Å². The van der Waals surface area contributed by atoms with Gasteiger partial charge in [0.25, 0.3) is 11.5 Å². The van der Waals surface area contributed by atoms with Crippen LogP contribution in [0.2, 0.25) is 0 Å². The van der Waals surface area contributed by atoms with E-state index in [4.69, 9.17) is 0 Å². The molecule has 2 atom stereocenters. The van der Waals surface area contributed by atoms with Crippen LogP contribution < -0.4 is 10.9 Å². The second-order valence-electron chi connectivity index (χ2n) is 7.52. The molecular weight excluding hydrogens is 362 g/mol. The third kappa shape index (κ3) is 5.23. The first-order valence-corrected chi connectivity index (χ1v) is 10.4. The van der Waals surface area contributed by atoms with Crippen LogP contribution in [-0.4, -0.2) is 38.7 Å². The fraction of sp³-hybridized carbons (Fsp3) is 0.579. The van der Waals surface area contributed by atoms with Gasteiger partial charge in [0.2, 0.25) is 0 Å². The van der Waals surface area contributed by atoms with E-state index < -0.39 is 0 Å². The Balaban J connectivity index is 1.62. The quantitative estimate of drug-likeness (QED) is 0.822. The van der Waals surface area contributed by atoms with Crippen molar-refractivity contribution in [3.05, 3.63) is 39.3 Å². The second-order valence-corrected chi connectivity index (χ2v) is 8.38. The predicted molar refractivity (Wildman–Crippen MR) is 107 cm³/mol. The Hall–Kier alpha value is -2.06. The molecule has 0 bridgehead atoms. The standard InChI is InChI=1S/C19H27N5O2S/c1-4-7-24-17(25)6-5-16(22-24)18(26)21-19-20-15(12-27-19)11-23-9-13(2)8-14(3)10-23/h5-6,12-14H,4,7-11H2,1-3H3,(H,20,21,26). The number of aryl methyl sites for hydroxylation is 1. The molecule has 1 aliphatic heterocycles. The van der Waals surface area contributed by atoms with Gasteiger partial charge in [0.1, 0.15) is 5.69 Å². The SMILES string of the molecule is CCCn1nc(C(=O)Nc2nc(CN3CC(C)CC(C)C3)cs2)ccc1=O. The Kier molecular flexibility index (Phi) is 6.38. The number of rotatable bonds is 6. The van der Waals surface area contributed by atoms with Crippen LogP contribution in [0.1, 0.15) is 49.8 Å². The Morgan fingerprint density at radius 3 is 2.74 bits per heavy atom. The highest BCUT2D eigenvalue weighted by atomic mass is 32.1. The second kappa shape index (κ2) is 8.75. The van der Waals surface area contributed by atoms with Crippen molar-refractivity contribution < 1.29 is 4.79 Å². The smallest absolute Gasteiger partial charge is 0.277 e. The van der Waals surface area contributed by atoms with Gasteiger partial charge in [-0.25, -0.2) is 9.67 Å². The molecule has 2 aromatic rings. The van der Waals surface area contributed by atoms with E-state index in [2.05, 4.69) is 34.1 Å². The summed E-state index contributed by atoms with van der Waals surface area (Å²) < 4.78 is 1.32. The molecule has 7 nitrogen and oxygen atoms in total. The van der Waals surface area contributed by atoms with Gasteiger partial charge in [-0.15, -0.1) is 11.3 Å². The number of nitrogens with zero attached hydrogens (tertiary/aromatic N) is 4. The molecule has 1 aliphatic rings. The summed E-state index contributed by atoms with van der Waals surface area (Å²) in [5.74, 6) is 1.06. The molecular formula is C19H27N5O2S. The summed E-state index contributed by atoms with van der Waals surface area (Å²) in [5.41, 5.74) is 0.994. The largest absolute Gasteiger partial charge is 0.297 e. The first-order valence-electron chi connectivity index (χ1n) is 9.51. The number of hydrogen-bond donors (Lipinski definition) is 1. The number of amides is 1. The Morgan fingerprint density at radius 2 is 2.04 bits per heavy atom. The van der Waals surface area contributed by atoms with Crippen molar-refractivity contribution in [2.75, 3.05) is 18.4 Å². The normalized spacial score (nSPS) is 20.6. The van der Waals surface area contributed by atoms with Gasteiger partial charge in [-0.2, -0.15) is 5.10 Å². The fourth-order valence-electron chi connectivity index (χ4n) is 3.69. The molecule has 146 valence electrons. The van der Waals surface area contributed by atoms with Gasteiger partial charge in [0.05, 0.1) is 5.69 Å². The number of anilines is 1. The molecule has 0 saturated carbocycles. The number of aromatic nitrogens is 3. The van der Waals surface area contributed by atoms with Crippen molar-refractivity contribution in [3.63, 3.8) is 0 Å². The van der Waals surface area contributed by atoms with Crippen molar-refractivity contribution in [1.82, 2.24) is 19.7 Å². The molecule has 0 aliphatic carbocycles. The zero-order chi connectivity index (χ0) is 19.4. The van der Waals surface area contributed by atoms with Crippen LogP contribution in [0, 0.1) is 11.8 Å². The van der Waals surface area contributed by atoms with E-state index in [1.165, 1.54) is 34.6 Å². The summed E-state index contributed by atoms with van der Waals surface area (Å²) in [6.45, 7) is 10.0. The average Bonchev–Trinajstić information content (AvgIpc) is 3.02. The molecule has 8 heteroatoms. The minimum Gasteiger partial charge on any atom is -0.297 e. The first-order chi connectivity index (χ1) is 12.9. The van der Waals surface area contributed by atoms with Crippen LogP contribution in [0.15, 0.2) is 22.3 Å². The van der Waals surface area contributed by atoms with Gasteiger partial charge >= 0.3 is 0 Å². The molecule has 1 amide bonds. The molecule has 1 N–H and O–H groups in total. The van der Waals surface area contributed by atoms with E-state index >= 15 is 0 Å². The van der Waals surface area contributed by atoms with Gasteiger partial charge in [-0.1, -0.05) is 20.8 Å². The number of piperidine rings is 1. The molecule has 2 unspecified atom stereocenters. The maximum Gasteiger partial charge on any atom is 0.277 e. The maximum atomic E-state index is 12.4. The van der Waals surface area contributed by atoms with Crippen LogP contribution in [-0.2, 0) is 13.1 Å². The first kappa shape index (κ1) is 19.7. The average molecular weight is 390 g/mol. The lowest BCUT2D eigenvalue weighted by Crippen LogP contribution is -2.38. The third-order valence-electron chi connectivity index (χ3n) is 4.64. The highest BCUT2D eigenvalue weighted by molar-refractivity contribution is 7.13. The highest BCUT2D eigenvalue weighted by Crippen LogP contribution is 2.24. The van der Waals surface area contributed by atoms with Gasteiger partial charge in [0, 0.05) is 37.6 Å². The number of carbonyl (C=O) groups excluding carboxylic acids is 1. The van der Waals surface area contributed by atoms with E-state index in [0.29, 0.717) is 23.5 Å². The number of nitrogens with one attached hydrogen (secondary N) is 1. The predicted octanol–water partition coefficient (Wildman–Crippen LogP) is 2.84. The summed E-state index contributed by atoms with van der Waals surface area (Å²) in [4.78, 5) is 31.1. The Labute approximate surface area is 163 Å². The lowest BCUT2D eigenvalue weighted by molar-refractivity contribution is 0.101. The van der Waals surface area contributed by atoms with Crippen molar-refractivity contribution in [3.8, 4) is 0 Å². The van der Waals surface area contributed by atoms with Crippen molar-refractivity contribution in [2.24, 2.45) is 11.8 Å². The van der Waals surface area contributed by atoms with Gasteiger partial charge in [0.15, 0.2) is 5.13 Å². The van der Waals surface area contributed by atoms with Crippen LogP contribution in [0.4, 0.5) is 5.13 Å². The van der Waals surface area contributed by atoms with Crippen LogP contribution in [0.5, 0.6) is 0 Å². The maximum absolute atomic E-state index is 12.4. The summed E-state index contributed by atoms with van der Waals surface area (Å²) in [6, 6.07) is 2.83. The van der Waals surface area contributed by atoms with Crippen LogP contribution >= 0.6 is 11.3 Å². The van der Waals surface area contributed by atoms with E-state index in [1.54, 1.807) is 0 Å². The number of likely N-dealkylation sites (tertiary alicyclic amines) is 1.